The molecule has 0 bridgehead atoms. The number of hydrogen-bond acceptors (Lipinski definition) is 2. The van der Waals surface area contributed by atoms with Crippen molar-refractivity contribution < 1.29 is 9.84 Å². The van der Waals surface area contributed by atoms with E-state index >= 15 is 0 Å². The van der Waals surface area contributed by atoms with E-state index in [-0.39, 0.29) is 6.61 Å². The molecule has 1 saturated heterocycles. The lowest BCUT2D eigenvalue weighted by molar-refractivity contribution is 0.0953. The predicted octanol–water partition coefficient (Wildman–Crippen LogP) is 1.16. The van der Waals surface area contributed by atoms with E-state index in [9.17, 15) is 0 Å². The summed E-state index contributed by atoms with van der Waals surface area (Å²) in [7, 11) is 0. The number of nitrogens with zero attached hydrogens (tertiary/aromatic N) is 1. The molecule has 1 aliphatic rings. The van der Waals surface area contributed by atoms with Crippen molar-refractivity contribution in [3.63, 3.8) is 0 Å². The Bertz CT molecular complexity index is 264. The molecule has 3 nitrogen and oxygen atoms in total. The van der Waals surface area contributed by atoms with E-state index < -0.39 is 0 Å². The maximum Gasteiger partial charge on any atom is 0.0832 e. The lowest BCUT2D eigenvalue weighted by atomic mass is 10.2. The van der Waals surface area contributed by atoms with Crippen LogP contribution in [0.25, 0.3) is 0 Å². The molecule has 2 rings (SSSR count). The van der Waals surface area contributed by atoms with Crippen LogP contribution in [0.4, 0.5) is 0 Å². The molecule has 0 saturated carbocycles. The van der Waals surface area contributed by atoms with Gasteiger partial charge in [-0.15, -0.1) is 0 Å². The molecule has 0 spiro atoms. The van der Waals surface area contributed by atoms with Crippen LogP contribution < -0.4 is 0 Å². The van der Waals surface area contributed by atoms with Gasteiger partial charge in [0.05, 0.1) is 12.7 Å². The normalized spacial score (nSPS) is 22.4. The zero-order chi connectivity index (χ0) is 9.10. The summed E-state index contributed by atoms with van der Waals surface area (Å²) in [5.74, 6) is 0. The van der Waals surface area contributed by atoms with Gasteiger partial charge in [0.25, 0.3) is 0 Å². The van der Waals surface area contributed by atoms with Crippen molar-refractivity contribution in [3.05, 3.63) is 24.0 Å². The topological polar surface area (TPSA) is 34.4 Å². The molecule has 0 amide bonds. The van der Waals surface area contributed by atoms with Crippen LogP contribution >= 0.6 is 0 Å². The van der Waals surface area contributed by atoms with Crippen LogP contribution in [0.3, 0.4) is 0 Å². The average molecular weight is 181 g/mol. The minimum Gasteiger partial charge on any atom is -0.390 e. The highest BCUT2D eigenvalue weighted by Gasteiger charge is 2.16. The summed E-state index contributed by atoms with van der Waals surface area (Å²) in [4.78, 5) is 0. The van der Waals surface area contributed by atoms with E-state index in [0.717, 1.165) is 25.3 Å². The van der Waals surface area contributed by atoms with Crippen molar-refractivity contribution in [3.8, 4) is 0 Å². The van der Waals surface area contributed by atoms with Crippen LogP contribution in [0.15, 0.2) is 18.3 Å². The van der Waals surface area contributed by atoms with Crippen molar-refractivity contribution in [2.45, 2.75) is 32.1 Å². The highest BCUT2D eigenvalue weighted by atomic mass is 16.5. The highest BCUT2D eigenvalue weighted by Crippen LogP contribution is 2.15. The maximum absolute atomic E-state index is 9.02. The molecule has 1 aromatic rings. The van der Waals surface area contributed by atoms with Crippen molar-refractivity contribution in [1.29, 1.82) is 0 Å². The summed E-state index contributed by atoms with van der Waals surface area (Å²) in [5, 5.41) is 9.02. The monoisotopic (exact) mass is 181 g/mol. The molecule has 1 atom stereocenters. The molecule has 13 heavy (non-hydrogen) atoms. The van der Waals surface area contributed by atoms with Gasteiger partial charge in [-0.05, 0) is 25.0 Å². The van der Waals surface area contributed by atoms with Crippen molar-refractivity contribution in [2.24, 2.45) is 0 Å². The zero-order valence-corrected chi connectivity index (χ0v) is 7.65. The van der Waals surface area contributed by atoms with Gasteiger partial charge in [0, 0.05) is 25.0 Å². The summed E-state index contributed by atoms with van der Waals surface area (Å²) < 4.78 is 7.59. The summed E-state index contributed by atoms with van der Waals surface area (Å²) in [6.07, 6.45) is 4.65. The summed E-state index contributed by atoms with van der Waals surface area (Å²) >= 11 is 0. The lowest BCUT2D eigenvalue weighted by Crippen LogP contribution is -2.15. The molecule has 0 radical (unpaired) electrons. The average Bonchev–Trinajstić information content (AvgIpc) is 2.76. The van der Waals surface area contributed by atoms with E-state index in [0.29, 0.717) is 6.10 Å². The molecule has 1 N–H and O–H groups in total. The molecule has 2 heterocycles. The standard InChI is InChI=1S/C10H15NO2/c12-8-9-3-1-5-11(9)7-10-4-2-6-13-10/h1,3,5,10,12H,2,4,6-8H2. The van der Waals surface area contributed by atoms with Gasteiger partial charge in [-0.3, -0.25) is 0 Å². The molecule has 1 unspecified atom stereocenters. The van der Waals surface area contributed by atoms with Gasteiger partial charge in [0.2, 0.25) is 0 Å². The number of aliphatic hydroxyl groups excluding tert-OH is 1. The second-order valence-corrected chi connectivity index (χ2v) is 3.45. The quantitative estimate of drug-likeness (QED) is 0.759. The van der Waals surface area contributed by atoms with E-state index in [1.165, 1.54) is 6.42 Å². The molecular formula is C10H15NO2. The molecule has 3 heteroatoms. The van der Waals surface area contributed by atoms with E-state index in [4.69, 9.17) is 9.84 Å². The number of rotatable bonds is 3. The Morgan fingerprint density at radius 3 is 3.23 bits per heavy atom. The Labute approximate surface area is 77.9 Å². The van der Waals surface area contributed by atoms with E-state index in [2.05, 4.69) is 4.57 Å². The fourth-order valence-corrected chi connectivity index (χ4v) is 1.78. The van der Waals surface area contributed by atoms with E-state index in [1.54, 1.807) is 0 Å². The van der Waals surface area contributed by atoms with Crippen LogP contribution in [-0.4, -0.2) is 22.4 Å². The van der Waals surface area contributed by atoms with Gasteiger partial charge in [-0.1, -0.05) is 0 Å². The van der Waals surface area contributed by atoms with Crippen LogP contribution in [0.2, 0.25) is 0 Å². The van der Waals surface area contributed by atoms with Crippen molar-refractivity contribution >= 4 is 0 Å². The second-order valence-electron chi connectivity index (χ2n) is 3.45. The number of hydrogen-bond donors (Lipinski definition) is 1. The van der Waals surface area contributed by atoms with Gasteiger partial charge in [-0.25, -0.2) is 0 Å². The molecular weight excluding hydrogens is 166 g/mol. The maximum atomic E-state index is 9.02. The highest BCUT2D eigenvalue weighted by molar-refractivity contribution is 5.05. The first-order chi connectivity index (χ1) is 6.40. The minimum atomic E-state index is 0.111. The van der Waals surface area contributed by atoms with Gasteiger partial charge in [-0.2, -0.15) is 0 Å². The SMILES string of the molecule is OCc1cccn1CC1CCCO1. The second kappa shape index (κ2) is 3.94. The van der Waals surface area contributed by atoms with Gasteiger partial charge in [0.1, 0.15) is 0 Å². The van der Waals surface area contributed by atoms with Crippen molar-refractivity contribution in [2.75, 3.05) is 6.61 Å². The Kier molecular flexibility index (Phi) is 2.66. The van der Waals surface area contributed by atoms with Gasteiger partial charge >= 0.3 is 0 Å². The third kappa shape index (κ3) is 1.92. The van der Waals surface area contributed by atoms with Crippen molar-refractivity contribution in [1.82, 2.24) is 4.57 Å². The number of aliphatic hydroxyl groups is 1. The summed E-state index contributed by atoms with van der Waals surface area (Å²) in [6.45, 7) is 1.88. The molecule has 0 aromatic carbocycles. The third-order valence-electron chi connectivity index (χ3n) is 2.51. The summed E-state index contributed by atoms with van der Waals surface area (Å²) in [6, 6.07) is 3.90. The first-order valence-electron chi connectivity index (χ1n) is 4.76. The molecule has 1 aromatic heterocycles. The Balaban J connectivity index is 1.99. The lowest BCUT2D eigenvalue weighted by Gasteiger charge is -2.12. The summed E-state index contributed by atoms with van der Waals surface area (Å²) in [5.41, 5.74) is 0.968. The van der Waals surface area contributed by atoms with Crippen LogP contribution in [0, 0.1) is 0 Å². The molecule has 1 fully saturated rings. The molecule has 72 valence electrons. The first kappa shape index (κ1) is 8.78. The Morgan fingerprint density at radius 2 is 2.54 bits per heavy atom. The number of aromatic nitrogens is 1. The van der Waals surface area contributed by atoms with Crippen LogP contribution in [0.5, 0.6) is 0 Å². The first-order valence-corrected chi connectivity index (χ1v) is 4.76. The smallest absolute Gasteiger partial charge is 0.0832 e. The van der Waals surface area contributed by atoms with Gasteiger partial charge < -0.3 is 14.4 Å². The van der Waals surface area contributed by atoms with Crippen LogP contribution in [-0.2, 0) is 17.9 Å². The molecule has 1 aliphatic heterocycles. The number of ether oxygens (including phenoxy) is 1. The zero-order valence-electron chi connectivity index (χ0n) is 7.65. The Morgan fingerprint density at radius 1 is 1.62 bits per heavy atom. The Hall–Kier alpha value is -0.800. The fraction of sp³-hybridized carbons (Fsp3) is 0.600. The minimum absolute atomic E-state index is 0.111. The van der Waals surface area contributed by atoms with Crippen LogP contribution in [0.1, 0.15) is 18.5 Å². The third-order valence-corrected chi connectivity index (χ3v) is 2.51. The van der Waals surface area contributed by atoms with E-state index in [1.807, 2.05) is 18.3 Å². The van der Waals surface area contributed by atoms with Gasteiger partial charge in [0.15, 0.2) is 0 Å². The fourth-order valence-electron chi connectivity index (χ4n) is 1.78. The predicted molar refractivity (Wildman–Crippen MR) is 49.3 cm³/mol. The largest absolute Gasteiger partial charge is 0.390 e. The molecule has 0 aliphatic carbocycles.